The molecule has 1 aromatic carbocycles. The molecule has 0 atom stereocenters. The standard InChI is InChI=1S/C13H17IN2/c1-16(2)9-10-5-6-15-13-8-12(14)4-3-11(13)7-10/h3-4,8-9,15H,5-7H2,1-2H3. The van der Waals surface area contributed by atoms with Gasteiger partial charge in [0.05, 0.1) is 0 Å². The Labute approximate surface area is 111 Å². The summed E-state index contributed by atoms with van der Waals surface area (Å²) in [6.45, 7) is 1.03. The third-order valence-electron chi connectivity index (χ3n) is 2.69. The van der Waals surface area contributed by atoms with Crippen LogP contribution in [0.1, 0.15) is 12.0 Å². The molecule has 2 rings (SSSR count). The van der Waals surface area contributed by atoms with Crippen LogP contribution in [0.3, 0.4) is 0 Å². The van der Waals surface area contributed by atoms with Crippen LogP contribution in [0.15, 0.2) is 30.0 Å². The van der Waals surface area contributed by atoms with Gasteiger partial charge in [0.2, 0.25) is 0 Å². The van der Waals surface area contributed by atoms with Crippen molar-refractivity contribution in [2.24, 2.45) is 0 Å². The van der Waals surface area contributed by atoms with Crippen molar-refractivity contribution in [3.63, 3.8) is 0 Å². The molecule has 3 heteroatoms. The van der Waals surface area contributed by atoms with Gasteiger partial charge in [-0.2, -0.15) is 0 Å². The average Bonchev–Trinajstić information content (AvgIpc) is 2.38. The number of benzene rings is 1. The van der Waals surface area contributed by atoms with E-state index < -0.39 is 0 Å². The Morgan fingerprint density at radius 3 is 2.94 bits per heavy atom. The molecule has 1 N–H and O–H groups in total. The Morgan fingerprint density at radius 1 is 1.38 bits per heavy atom. The first-order chi connectivity index (χ1) is 7.65. The molecule has 0 unspecified atom stereocenters. The lowest BCUT2D eigenvalue weighted by Gasteiger charge is -2.10. The van der Waals surface area contributed by atoms with Crippen LogP contribution >= 0.6 is 22.6 Å². The lowest BCUT2D eigenvalue weighted by atomic mass is 10.0. The van der Waals surface area contributed by atoms with Crippen molar-refractivity contribution in [3.05, 3.63) is 39.1 Å². The van der Waals surface area contributed by atoms with Gasteiger partial charge in [-0.3, -0.25) is 0 Å². The number of hydrogen-bond donors (Lipinski definition) is 1. The summed E-state index contributed by atoms with van der Waals surface area (Å²) in [4.78, 5) is 2.13. The molecule has 16 heavy (non-hydrogen) atoms. The van der Waals surface area contributed by atoms with Crippen molar-refractivity contribution in [2.45, 2.75) is 12.8 Å². The molecule has 2 nitrogen and oxygen atoms in total. The zero-order valence-electron chi connectivity index (χ0n) is 9.76. The summed E-state index contributed by atoms with van der Waals surface area (Å²) in [5, 5.41) is 3.51. The van der Waals surface area contributed by atoms with Crippen LogP contribution in [0, 0.1) is 3.57 Å². The van der Waals surface area contributed by atoms with Gasteiger partial charge >= 0.3 is 0 Å². The summed E-state index contributed by atoms with van der Waals surface area (Å²) >= 11 is 2.36. The van der Waals surface area contributed by atoms with Crippen molar-refractivity contribution in [1.29, 1.82) is 0 Å². The Bertz CT molecular complexity index is 410. The van der Waals surface area contributed by atoms with Gasteiger partial charge < -0.3 is 10.2 Å². The van der Waals surface area contributed by atoms with Gasteiger partial charge in [-0.1, -0.05) is 6.07 Å². The smallest absolute Gasteiger partial charge is 0.0386 e. The first-order valence-corrected chi connectivity index (χ1v) is 6.61. The molecule has 0 bridgehead atoms. The second-order valence-corrected chi connectivity index (χ2v) is 5.65. The average molecular weight is 328 g/mol. The SMILES string of the molecule is CN(C)C=C1CCNc2cc(I)ccc2C1. The summed E-state index contributed by atoms with van der Waals surface area (Å²) in [6, 6.07) is 6.65. The zero-order valence-corrected chi connectivity index (χ0v) is 11.9. The number of fused-ring (bicyclic) bond motifs is 1. The summed E-state index contributed by atoms with van der Waals surface area (Å²) in [5.41, 5.74) is 4.21. The molecule has 0 saturated carbocycles. The lowest BCUT2D eigenvalue weighted by molar-refractivity contribution is 0.553. The topological polar surface area (TPSA) is 15.3 Å². The maximum absolute atomic E-state index is 3.51. The normalized spacial score (nSPS) is 17.6. The van der Waals surface area contributed by atoms with Crippen molar-refractivity contribution in [1.82, 2.24) is 4.90 Å². The Kier molecular flexibility index (Phi) is 3.74. The molecule has 0 aliphatic carbocycles. The van der Waals surface area contributed by atoms with E-state index in [1.807, 2.05) is 0 Å². The van der Waals surface area contributed by atoms with Gasteiger partial charge in [-0.15, -0.1) is 0 Å². The molecule has 1 aromatic rings. The van der Waals surface area contributed by atoms with E-state index in [1.54, 1.807) is 0 Å². The minimum atomic E-state index is 1.03. The summed E-state index contributed by atoms with van der Waals surface area (Å²) in [7, 11) is 4.17. The second-order valence-electron chi connectivity index (χ2n) is 4.41. The number of nitrogens with one attached hydrogen (secondary N) is 1. The van der Waals surface area contributed by atoms with E-state index in [9.17, 15) is 0 Å². The minimum absolute atomic E-state index is 1.03. The highest BCUT2D eigenvalue weighted by Crippen LogP contribution is 2.26. The number of hydrogen-bond acceptors (Lipinski definition) is 2. The van der Waals surface area contributed by atoms with Crippen molar-refractivity contribution < 1.29 is 0 Å². The molecule has 0 amide bonds. The van der Waals surface area contributed by atoms with E-state index >= 15 is 0 Å². The number of nitrogens with zero attached hydrogens (tertiary/aromatic N) is 1. The Balaban J connectivity index is 2.28. The van der Waals surface area contributed by atoms with Crippen molar-refractivity contribution in [3.8, 4) is 0 Å². The van der Waals surface area contributed by atoms with E-state index in [-0.39, 0.29) is 0 Å². The number of anilines is 1. The first-order valence-electron chi connectivity index (χ1n) is 5.53. The van der Waals surface area contributed by atoms with Gasteiger partial charge in [-0.05, 0) is 64.9 Å². The van der Waals surface area contributed by atoms with Crippen LogP contribution in [0.2, 0.25) is 0 Å². The molecule has 0 saturated heterocycles. The number of rotatable bonds is 1. The zero-order chi connectivity index (χ0) is 11.5. The van der Waals surface area contributed by atoms with E-state index in [2.05, 4.69) is 71.3 Å². The Hall–Kier alpha value is -0.710. The van der Waals surface area contributed by atoms with E-state index in [1.165, 1.54) is 20.4 Å². The molecule has 0 fully saturated rings. The van der Waals surface area contributed by atoms with E-state index in [4.69, 9.17) is 0 Å². The van der Waals surface area contributed by atoms with E-state index in [0.29, 0.717) is 0 Å². The van der Waals surface area contributed by atoms with Crippen LogP contribution < -0.4 is 5.32 Å². The van der Waals surface area contributed by atoms with Crippen LogP contribution in [-0.4, -0.2) is 25.5 Å². The largest absolute Gasteiger partial charge is 0.384 e. The quantitative estimate of drug-likeness (QED) is 0.797. The van der Waals surface area contributed by atoms with E-state index in [0.717, 1.165) is 19.4 Å². The number of halogens is 1. The predicted octanol–water partition coefficient (Wildman–Crippen LogP) is 3.09. The minimum Gasteiger partial charge on any atom is -0.384 e. The fourth-order valence-corrected chi connectivity index (χ4v) is 2.52. The molecule has 1 aliphatic rings. The third-order valence-corrected chi connectivity index (χ3v) is 3.36. The lowest BCUT2D eigenvalue weighted by Crippen LogP contribution is -2.05. The highest BCUT2D eigenvalue weighted by atomic mass is 127. The van der Waals surface area contributed by atoms with Crippen LogP contribution in [-0.2, 0) is 6.42 Å². The highest BCUT2D eigenvalue weighted by molar-refractivity contribution is 14.1. The van der Waals surface area contributed by atoms with Crippen LogP contribution in [0.5, 0.6) is 0 Å². The van der Waals surface area contributed by atoms with Gasteiger partial charge in [0.15, 0.2) is 0 Å². The molecule has 0 spiro atoms. The maximum Gasteiger partial charge on any atom is 0.0386 e. The maximum atomic E-state index is 3.51. The molecule has 1 aliphatic heterocycles. The van der Waals surface area contributed by atoms with Gasteiger partial charge in [0, 0.05) is 29.9 Å². The second kappa shape index (κ2) is 5.08. The highest BCUT2D eigenvalue weighted by Gasteiger charge is 2.10. The third kappa shape index (κ3) is 2.90. The van der Waals surface area contributed by atoms with Crippen LogP contribution in [0.25, 0.3) is 0 Å². The molecule has 1 heterocycles. The fraction of sp³-hybridized carbons (Fsp3) is 0.385. The van der Waals surface area contributed by atoms with Gasteiger partial charge in [0.25, 0.3) is 0 Å². The molecule has 0 radical (unpaired) electrons. The Morgan fingerprint density at radius 2 is 2.19 bits per heavy atom. The van der Waals surface area contributed by atoms with Crippen LogP contribution in [0.4, 0.5) is 5.69 Å². The van der Waals surface area contributed by atoms with Crippen molar-refractivity contribution >= 4 is 28.3 Å². The summed E-state index contributed by atoms with van der Waals surface area (Å²) in [6.07, 6.45) is 4.44. The first kappa shape index (κ1) is 11.8. The molecular weight excluding hydrogens is 311 g/mol. The summed E-state index contributed by atoms with van der Waals surface area (Å²) < 4.78 is 1.30. The summed E-state index contributed by atoms with van der Waals surface area (Å²) in [5.74, 6) is 0. The molecule has 0 aromatic heterocycles. The monoisotopic (exact) mass is 328 g/mol. The predicted molar refractivity (Wildman–Crippen MR) is 77.7 cm³/mol. The van der Waals surface area contributed by atoms with Crippen molar-refractivity contribution in [2.75, 3.05) is 26.0 Å². The fourth-order valence-electron chi connectivity index (χ4n) is 2.03. The molecular formula is C13H17IN2. The van der Waals surface area contributed by atoms with Gasteiger partial charge in [-0.25, -0.2) is 0 Å². The molecule has 86 valence electrons. The van der Waals surface area contributed by atoms with Gasteiger partial charge in [0.1, 0.15) is 0 Å².